The molecule has 1 aromatic heterocycles. The summed E-state index contributed by atoms with van der Waals surface area (Å²) in [7, 11) is 2.06. The summed E-state index contributed by atoms with van der Waals surface area (Å²) >= 11 is 0. The van der Waals surface area contributed by atoms with Crippen LogP contribution in [0, 0.1) is 11.3 Å². The fourth-order valence-electron chi connectivity index (χ4n) is 4.24. The fraction of sp³-hybridized carbons (Fsp3) is 0.609. The van der Waals surface area contributed by atoms with Crippen molar-refractivity contribution in [2.24, 2.45) is 18.4 Å². The van der Waals surface area contributed by atoms with Crippen LogP contribution in [0.15, 0.2) is 24.3 Å². The first-order valence-electron chi connectivity index (χ1n) is 10.4. The van der Waals surface area contributed by atoms with Crippen LogP contribution in [0.2, 0.25) is 0 Å². The van der Waals surface area contributed by atoms with Gasteiger partial charge in [0.15, 0.2) is 5.88 Å². The molecule has 0 spiro atoms. The molecule has 0 saturated heterocycles. The third-order valence-corrected chi connectivity index (χ3v) is 6.09. The lowest BCUT2D eigenvalue weighted by atomic mass is 9.72. The van der Waals surface area contributed by atoms with Crippen molar-refractivity contribution in [3.63, 3.8) is 0 Å². The average Bonchev–Trinajstić information content (AvgIpc) is 2.93. The number of aromatic nitrogens is 1. The molecule has 1 aliphatic rings. The van der Waals surface area contributed by atoms with E-state index in [0.717, 1.165) is 35.7 Å². The molecule has 154 valence electrons. The molecule has 1 fully saturated rings. The second kappa shape index (κ2) is 8.56. The average molecular weight is 387 g/mol. The molecule has 1 saturated carbocycles. The lowest BCUT2D eigenvalue weighted by molar-refractivity contribution is -0.136. The highest BCUT2D eigenvalue weighted by molar-refractivity contribution is 5.83. The fourth-order valence-corrected chi connectivity index (χ4v) is 4.24. The standard InChI is InChI=1S/C23H34N2O3/c1-23(2,3)18-6-8-19(9-7-18)28-21-14-17-13-16(5-10-20(17)25(21)4)15-24-12-11-22(26)27/h5,10,13-14,18-19,24H,6-9,11-12,15H2,1-4H3,(H,26,27). The van der Waals surface area contributed by atoms with Crippen molar-refractivity contribution < 1.29 is 14.6 Å². The smallest absolute Gasteiger partial charge is 0.304 e. The van der Waals surface area contributed by atoms with Gasteiger partial charge in [-0.15, -0.1) is 0 Å². The Morgan fingerprint density at radius 1 is 1.21 bits per heavy atom. The number of nitrogens with zero attached hydrogens (tertiary/aromatic N) is 1. The molecule has 0 atom stereocenters. The third-order valence-electron chi connectivity index (χ3n) is 6.09. The van der Waals surface area contributed by atoms with Crippen LogP contribution in [0.3, 0.4) is 0 Å². The lowest BCUT2D eigenvalue weighted by Crippen LogP contribution is -2.30. The lowest BCUT2D eigenvalue weighted by Gasteiger charge is -2.36. The highest BCUT2D eigenvalue weighted by Gasteiger charge is 2.30. The van der Waals surface area contributed by atoms with E-state index in [4.69, 9.17) is 9.84 Å². The van der Waals surface area contributed by atoms with E-state index in [0.29, 0.717) is 24.6 Å². The molecule has 3 rings (SSSR count). The van der Waals surface area contributed by atoms with Gasteiger partial charge in [0.1, 0.15) is 6.10 Å². The van der Waals surface area contributed by atoms with Crippen LogP contribution < -0.4 is 10.1 Å². The molecule has 0 bridgehead atoms. The Bertz CT molecular complexity index is 811. The Kier molecular flexibility index (Phi) is 6.33. The number of benzene rings is 1. The predicted octanol–water partition coefficient (Wildman–Crippen LogP) is 4.73. The second-order valence-corrected chi connectivity index (χ2v) is 9.21. The van der Waals surface area contributed by atoms with Gasteiger partial charge in [0.25, 0.3) is 0 Å². The van der Waals surface area contributed by atoms with Crippen LogP contribution in [0.25, 0.3) is 10.9 Å². The molecule has 1 heterocycles. The number of carboxylic acids is 1. The molecule has 0 unspecified atom stereocenters. The van der Waals surface area contributed by atoms with Gasteiger partial charge in [0.2, 0.25) is 0 Å². The summed E-state index contributed by atoms with van der Waals surface area (Å²) in [6, 6.07) is 8.50. The van der Waals surface area contributed by atoms with Crippen LogP contribution in [0.4, 0.5) is 0 Å². The molecule has 0 radical (unpaired) electrons. The van der Waals surface area contributed by atoms with Crippen molar-refractivity contribution in [2.45, 2.75) is 65.5 Å². The normalized spacial score (nSPS) is 20.4. The van der Waals surface area contributed by atoms with E-state index in [1.54, 1.807) is 0 Å². The first-order chi connectivity index (χ1) is 13.2. The Balaban J connectivity index is 1.61. The number of hydrogen-bond acceptors (Lipinski definition) is 3. The number of carboxylic acid groups (broad SMARTS) is 1. The molecule has 1 aromatic carbocycles. The molecule has 5 nitrogen and oxygen atoms in total. The molecule has 28 heavy (non-hydrogen) atoms. The monoisotopic (exact) mass is 386 g/mol. The molecular weight excluding hydrogens is 352 g/mol. The van der Waals surface area contributed by atoms with Crippen LogP contribution >= 0.6 is 0 Å². The van der Waals surface area contributed by atoms with Gasteiger partial charge in [0, 0.05) is 31.6 Å². The number of aryl methyl sites for hydroxylation is 1. The number of nitrogens with one attached hydrogen (secondary N) is 1. The summed E-state index contributed by atoms with van der Waals surface area (Å²) in [5.74, 6) is 0.950. The minimum absolute atomic E-state index is 0.142. The van der Waals surface area contributed by atoms with E-state index in [-0.39, 0.29) is 6.42 Å². The largest absolute Gasteiger partial charge is 0.481 e. The van der Waals surface area contributed by atoms with Crippen LogP contribution in [0.5, 0.6) is 5.88 Å². The maximum absolute atomic E-state index is 10.6. The SMILES string of the molecule is Cn1c(OC2CCC(C(C)(C)C)CC2)cc2cc(CNCCC(=O)O)ccc21. The Morgan fingerprint density at radius 3 is 2.57 bits per heavy atom. The van der Waals surface area contributed by atoms with Gasteiger partial charge in [-0.1, -0.05) is 26.8 Å². The first-order valence-corrected chi connectivity index (χ1v) is 10.4. The van der Waals surface area contributed by atoms with Crippen molar-refractivity contribution in [1.82, 2.24) is 9.88 Å². The van der Waals surface area contributed by atoms with E-state index >= 15 is 0 Å². The van der Waals surface area contributed by atoms with Gasteiger partial charge in [-0.05, 0) is 54.7 Å². The summed E-state index contributed by atoms with van der Waals surface area (Å²) in [5, 5.41) is 13.1. The molecule has 5 heteroatoms. The maximum atomic E-state index is 10.6. The van der Waals surface area contributed by atoms with Crippen molar-refractivity contribution in [3.8, 4) is 5.88 Å². The Hall–Kier alpha value is -2.01. The zero-order valence-electron chi connectivity index (χ0n) is 17.6. The minimum Gasteiger partial charge on any atom is -0.481 e. The van der Waals surface area contributed by atoms with Gasteiger partial charge in [-0.2, -0.15) is 0 Å². The van der Waals surface area contributed by atoms with Crippen LogP contribution in [0.1, 0.15) is 58.4 Å². The summed E-state index contributed by atoms with van der Waals surface area (Å²) in [6.07, 6.45) is 5.18. The molecule has 2 aromatic rings. The predicted molar refractivity (Wildman–Crippen MR) is 113 cm³/mol. The Labute approximate surface area is 168 Å². The number of hydrogen-bond donors (Lipinski definition) is 2. The van der Waals surface area contributed by atoms with Crippen molar-refractivity contribution in [1.29, 1.82) is 0 Å². The van der Waals surface area contributed by atoms with Gasteiger partial charge >= 0.3 is 5.97 Å². The van der Waals surface area contributed by atoms with Gasteiger partial charge < -0.3 is 19.7 Å². The quantitative estimate of drug-likeness (QED) is 0.676. The number of carbonyl (C=O) groups is 1. The van der Waals surface area contributed by atoms with Gasteiger partial charge in [0.05, 0.1) is 11.9 Å². The molecule has 2 N–H and O–H groups in total. The molecule has 1 aliphatic carbocycles. The minimum atomic E-state index is -0.774. The number of aliphatic carboxylic acids is 1. The zero-order valence-corrected chi connectivity index (χ0v) is 17.6. The van der Waals surface area contributed by atoms with E-state index in [9.17, 15) is 4.79 Å². The number of fused-ring (bicyclic) bond motifs is 1. The van der Waals surface area contributed by atoms with Gasteiger partial charge in [-0.3, -0.25) is 4.79 Å². The third kappa shape index (κ3) is 5.07. The van der Waals surface area contributed by atoms with Crippen LogP contribution in [-0.4, -0.2) is 28.3 Å². The summed E-state index contributed by atoms with van der Waals surface area (Å²) in [6.45, 7) is 8.18. The topological polar surface area (TPSA) is 63.5 Å². The van der Waals surface area contributed by atoms with Crippen LogP contribution in [-0.2, 0) is 18.4 Å². The van der Waals surface area contributed by atoms with E-state index < -0.39 is 5.97 Å². The van der Waals surface area contributed by atoms with E-state index in [1.165, 1.54) is 18.2 Å². The molecule has 0 amide bonds. The Morgan fingerprint density at radius 2 is 1.93 bits per heavy atom. The second-order valence-electron chi connectivity index (χ2n) is 9.21. The van der Waals surface area contributed by atoms with E-state index in [2.05, 4.69) is 62.0 Å². The highest BCUT2D eigenvalue weighted by atomic mass is 16.5. The molecular formula is C23H34N2O3. The highest BCUT2D eigenvalue weighted by Crippen LogP contribution is 2.39. The zero-order chi connectivity index (χ0) is 20.3. The van der Waals surface area contributed by atoms with Crippen molar-refractivity contribution >= 4 is 16.9 Å². The summed E-state index contributed by atoms with van der Waals surface area (Å²) in [5.41, 5.74) is 2.70. The number of rotatable bonds is 7. The number of ether oxygens (including phenoxy) is 1. The molecule has 0 aliphatic heterocycles. The van der Waals surface area contributed by atoms with E-state index in [1.807, 2.05) is 0 Å². The summed E-state index contributed by atoms with van der Waals surface area (Å²) in [4.78, 5) is 10.6. The van der Waals surface area contributed by atoms with Crippen molar-refractivity contribution in [3.05, 3.63) is 29.8 Å². The first kappa shape index (κ1) is 20.7. The van der Waals surface area contributed by atoms with Crippen molar-refractivity contribution in [2.75, 3.05) is 6.54 Å². The maximum Gasteiger partial charge on any atom is 0.304 e. The summed E-state index contributed by atoms with van der Waals surface area (Å²) < 4.78 is 8.51. The van der Waals surface area contributed by atoms with Gasteiger partial charge in [-0.25, -0.2) is 0 Å².